The molecular formula is C8H5N3OS. The Labute approximate surface area is 77.1 Å². The lowest BCUT2D eigenvalue weighted by molar-refractivity contribution is 0.476. The number of hydrogen-bond donors (Lipinski definition) is 1. The summed E-state index contributed by atoms with van der Waals surface area (Å²) in [6, 6.07) is 5.25. The molecule has 13 heavy (non-hydrogen) atoms. The van der Waals surface area contributed by atoms with Crippen LogP contribution >= 0.6 is 11.3 Å². The van der Waals surface area contributed by atoms with E-state index in [0.29, 0.717) is 0 Å². The number of rotatable bonds is 0. The van der Waals surface area contributed by atoms with E-state index in [9.17, 15) is 5.11 Å². The highest BCUT2D eigenvalue weighted by Crippen LogP contribution is 2.27. The van der Waals surface area contributed by atoms with Crippen LogP contribution in [-0.2, 0) is 0 Å². The van der Waals surface area contributed by atoms with Crippen LogP contribution in [0.2, 0.25) is 0 Å². The molecule has 0 saturated heterocycles. The van der Waals surface area contributed by atoms with Gasteiger partial charge in [0.15, 0.2) is 0 Å². The Morgan fingerprint density at radius 1 is 1.38 bits per heavy atom. The van der Waals surface area contributed by atoms with Crippen LogP contribution in [0.25, 0.3) is 15.2 Å². The molecule has 64 valence electrons. The minimum Gasteiger partial charge on any atom is -0.508 e. The quantitative estimate of drug-likeness (QED) is 0.587. The van der Waals surface area contributed by atoms with Gasteiger partial charge in [-0.3, -0.25) is 4.40 Å². The first-order valence-electron chi connectivity index (χ1n) is 3.76. The molecule has 0 radical (unpaired) electrons. The average molecular weight is 191 g/mol. The third-order valence-corrected chi connectivity index (χ3v) is 2.93. The molecule has 0 aliphatic carbocycles. The smallest absolute Gasteiger partial charge is 0.217 e. The minimum absolute atomic E-state index is 0.282. The first-order valence-corrected chi connectivity index (χ1v) is 4.57. The van der Waals surface area contributed by atoms with E-state index in [1.807, 2.05) is 10.5 Å². The molecule has 0 aliphatic heterocycles. The molecule has 0 bridgehead atoms. The fourth-order valence-electron chi connectivity index (χ4n) is 1.34. The summed E-state index contributed by atoms with van der Waals surface area (Å²) in [5, 5.41) is 17.0. The first-order chi connectivity index (χ1) is 6.34. The molecule has 0 aliphatic rings. The molecule has 0 amide bonds. The molecule has 2 heterocycles. The number of benzene rings is 1. The van der Waals surface area contributed by atoms with E-state index in [1.54, 1.807) is 18.5 Å². The summed E-state index contributed by atoms with van der Waals surface area (Å²) in [6.07, 6.45) is 1.67. The highest BCUT2D eigenvalue weighted by molar-refractivity contribution is 7.23. The standard InChI is InChI=1S/C8H5N3OS/c12-5-1-2-6-7(3-5)13-8-10-9-4-11(6)8/h1-4,12H. The zero-order valence-electron chi connectivity index (χ0n) is 6.51. The van der Waals surface area contributed by atoms with Gasteiger partial charge in [-0.15, -0.1) is 10.2 Å². The van der Waals surface area contributed by atoms with Crippen molar-refractivity contribution in [2.45, 2.75) is 0 Å². The Morgan fingerprint density at radius 2 is 2.31 bits per heavy atom. The molecule has 0 spiro atoms. The lowest BCUT2D eigenvalue weighted by Gasteiger charge is -1.90. The van der Waals surface area contributed by atoms with Crippen molar-refractivity contribution >= 4 is 26.5 Å². The minimum atomic E-state index is 0.282. The zero-order valence-corrected chi connectivity index (χ0v) is 7.32. The topological polar surface area (TPSA) is 50.4 Å². The number of hydrogen-bond acceptors (Lipinski definition) is 4. The molecule has 0 atom stereocenters. The van der Waals surface area contributed by atoms with Crippen molar-refractivity contribution in [3.8, 4) is 5.75 Å². The monoisotopic (exact) mass is 191 g/mol. The first kappa shape index (κ1) is 6.85. The van der Waals surface area contributed by atoms with E-state index in [-0.39, 0.29) is 5.75 Å². The third kappa shape index (κ3) is 0.844. The van der Waals surface area contributed by atoms with Gasteiger partial charge in [-0.1, -0.05) is 11.3 Å². The van der Waals surface area contributed by atoms with Gasteiger partial charge in [-0.2, -0.15) is 0 Å². The molecule has 3 aromatic rings. The number of aromatic hydroxyl groups is 1. The maximum absolute atomic E-state index is 9.25. The van der Waals surface area contributed by atoms with Gasteiger partial charge in [-0.05, 0) is 18.2 Å². The zero-order chi connectivity index (χ0) is 8.84. The Balaban J connectivity index is 2.59. The molecule has 1 N–H and O–H groups in total. The predicted octanol–water partition coefficient (Wildman–Crippen LogP) is 1.65. The summed E-state index contributed by atoms with van der Waals surface area (Å²) in [5.74, 6) is 0.282. The van der Waals surface area contributed by atoms with E-state index in [2.05, 4.69) is 10.2 Å². The van der Waals surface area contributed by atoms with Gasteiger partial charge in [0.2, 0.25) is 4.96 Å². The Hall–Kier alpha value is -1.62. The maximum Gasteiger partial charge on any atom is 0.217 e. The van der Waals surface area contributed by atoms with Gasteiger partial charge in [0, 0.05) is 0 Å². The van der Waals surface area contributed by atoms with Crippen LogP contribution in [0.1, 0.15) is 0 Å². The molecule has 0 unspecified atom stereocenters. The second-order valence-electron chi connectivity index (χ2n) is 2.74. The van der Waals surface area contributed by atoms with Crippen LogP contribution in [0.15, 0.2) is 24.5 Å². The van der Waals surface area contributed by atoms with Crippen molar-refractivity contribution < 1.29 is 5.11 Å². The molecule has 0 saturated carbocycles. The summed E-state index contributed by atoms with van der Waals surface area (Å²) >= 11 is 1.51. The summed E-state index contributed by atoms with van der Waals surface area (Å²) < 4.78 is 2.92. The van der Waals surface area contributed by atoms with Gasteiger partial charge >= 0.3 is 0 Å². The summed E-state index contributed by atoms with van der Waals surface area (Å²) in [4.78, 5) is 0.848. The number of aromatic nitrogens is 3. The fraction of sp³-hybridized carbons (Fsp3) is 0. The Morgan fingerprint density at radius 3 is 3.23 bits per heavy atom. The SMILES string of the molecule is Oc1ccc2c(c1)sc1nncn12. The van der Waals surface area contributed by atoms with E-state index in [4.69, 9.17) is 0 Å². The van der Waals surface area contributed by atoms with E-state index >= 15 is 0 Å². The normalized spacial score (nSPS) is 11.4. The number of phenols is 1. The van der Waals surface area contributed by atoms with Crippen LogP contribution in [0.4, 0.5) is 0 Å². The van der Waals surface area contributed by atoms with E-state index in [1.165, 1.54) is 11.3 Å². The van der Waals surface area contributed by atoms with Gasteiger partial charge in [0.25, 0.3) is 0 Å². The second-order valence-corrected chi connectivity index (χ2v) is 3.75. The molecular weight excluding hydrogens is 186 g/mol. The van der Waals surface area contributed by atoms with Crippen LogP contribution in [0.3, 0.4) is 0 Å². The van der Waals surface area contributed by atoms with Gasteiger partial charge in [0.05, 0.1) is 10.2 Å². The molecule has 4 nitrogen and oxygen atoms in total. The fourth-order valence-corrected chi connectivity index (χ4v) is 2.32. The van der Waals surface area contributed by atoms with Crippen LogP contribution in [0.5, 0.6) is 5.75 Å². The molecule has 1 aromatic carbocycles. The maximum atomic E-state index is 9.25. The highest BCUT2D eigenvalue weighted by atomic mass is 32.1. The highest BCUT2D eigenvalue weighted by Gasteiger charge is 2.05. The van der Waals surface area contributed by atoms with Crippen molar-refractivity contribution in [2.75, 3.05) is 0 Å². The largest absolute Gasteiger partial charge is 0.508 e. The van der Waals surface area contributed by atoms with Crippen LogP contribution < -0.4 is 0 Å². The van der Waals surface area contributed by atoms with Crippen molar-refractivity contribution in [3.63, 3.8) is 0 Å². The number of fused-ring (bicyclic) bond motifs is 3. The lowest BCUT2D eigenvalue weighted by Crippen LogP contribution is -1.75. The summed E-state index contributed by atoms with van der Waals surface area (Å²) in [7, 11) is 0. The van der Waals surface area contributed by atoms with Crippen molar-refractivity contribution in [3.05, 3.63) is 24.5 Å². The number of phenolic OH excluding ortho intramolecular Hbond substituents is 1. The van der Waals surface area contributed by atoms with Crippen molar-refractivity contribution in [1.82, 2.24) is 14.6 Å². The molecule has 2 aromatic heterocycles. The van der Waals surface area contributed by atoms with Crippen LogP contribution in [-0.4, -0.2) is 19.7 Å². The second kappa shape index (κ2) is 2.20. The Kier molecular flexibility index (Phi) is 1.16. The van der Waals surface area contributed by atoms with E-state index in [0.717, 1.165) is 15.2 Å². The molecule has 5 heteroatoms. The van der Waals surface area contributed by atoms with Crippen molar-refractivity contribution in [2.24, 2.45) is 0 Å². The van der Waals surface area contributed by atoms with Crippen molar-refractivity contribution in [1.29, 1.82) is 0 Å². The summed E-state index contributed by atoms with van der Waals surface area (Å²) in [5.41, 5.74) is 1.03. The molecule has 0 fully saturated rings. The molecule has 3 rings (SSSR count). The van der Waals surface area contributed by atoms with Gasteiger partial charge < -0.3 is 5.11 Å². The predicted molar refractivity (Wildman–Crippen MR) is 50.0 cm³/mol. The third-order valence-electron chi connectivity index (χ3n) is 1.92. The summed E-state index contributed by atoms with van der Waals surface area (Å²) in [6.45, 7) is 0. The number of nitrogens with zero attached hydrogens (tertiary/aromatic N) is 3. The Bertz CT molecular complexity index is 583. The van der Waals surface area contributed by atoms with Gasteiger partial charge in [-0.25, -0.2) is 0 Å². The van der Waals surface area contributed by atoms with Gasteiger partial charge in [0.1, 0.15) is 12.1 Å². The van der Waals surface area contributed by atoms with E-state index < -0.39 is 0 Å². The number of thiazole rings is 1. The lowest BCUT2D eigenvalue weighted by atomic mass is 10.3. The van der Waals surface area contributed by atoms with Crippen LogP contribution in [0, 0.1) is 0 Å². The average Bonchev–Trinajstić information content (AvgIpc) is 2.62.